The third kappa shape index (κ3) is 3.51. The second-order valence-corrected chi connectivity index (χ2v) is 6.69. The van der Waals surface area contributed by atoms with Crippen LogP contribution in [0.5, 0.6) is 0 Å². The van der Waals surface area contributed by atoms with Crippen molar-refractivity contribution in [3.8, 4) is 5.69 Å². The Morgan fingerprint density at radius 3 is 2.96 bits per heavy atom. The molecule has 0 saturated carbocycles. The number of hydrogen-bond donors (Lipinski definition) is 1. The number of aromatic nitrogens is 2. The molecular weight excluding hydrogens is 302 g/mol. The zero-order valence-corrected chi connectivity index (χ0v) is 14.6. The normalized spacial score (nSPS) is 17.4. The lowest BCUT2D eigenvalue weighted by molar-refractivity contribution is 0.0856. The third-order valence-electron chi connectivity index (χ3n) is 4.36. The van der Waals surface area contributed by atoms with Gasteiger partial charge in [-0.25, -0.2) is 4.68 Å². The van der Waals surface area contributed by atoms with Gasteiger partial charge in [-0.1, -0.05) is 26.0 Å². The van der Waals surface area contributed by atoms with E-state index in [1.807, 2.05) is 16.8 Å². The van der Waals surface area contributed by atoms with Gasteiger partial charge in [0, 0.05) is 13.2 Å². The molecule has 1 aliphatic rings. The fourth-order valence-corrected chi connectivity index (χ4v) is 3.16. The summed E-state index contributed by atoms with van der Waals surface area (Å²) in [5.41, 5.74) is 3.73. The Kier molecular flexibility index (Phi) is 5.00. The van der Waals surface area contributed by atoms with Crippen molar-refractivity contribution in [1.29, 1.82) is 0 Å². The van der Waals surface area contributed by atoms with E-state index in [0.29, 0.717) is 12.1 Å². The van der Waals surface area contributed by atoms with E-state index in [4.69, 9.17) is 4.74 Å². The maximum absolute atomic E-state index is 12.6. The first-order valence-electron chi connectivity index (χ1n) is 8.61. The average Bonchev–Trinajstić information content (AvgIpc) is 3.22. The van der Waals surface area contributed by atoms with Crippen LogP contribution in [0.25, 0.3) is 5.69 Å². The van der Waals surface area contributed by atoms with Gasteiger partial charge in [0.25, 0.3) is 5.91 Å². The van der Waals surface area contributed by atoms with Crippen molar-refractivity contribution in [1.82, 2.24) is 15.1 Å². The molecule has 2 aromatic rings. The Balaban J connectivity index is 1.84. The topological polar surface area (TPSA) is 56.2 Å². The van der Waals surface area contributed by atoms with Gasteiger partial charge < -0.3 is 10.1 Å². The lowest BCUT2D eigenvalue weighted by Gasteiger charge is -2.14. The van der Waals surface area contributed by atoms with Crippen LogP contribution in [0, 0.1) is 6.92 Å². The van der Waals surface area contributed by atoms with Crippen LogP contribution >= 0.6 is 0 Å². The molecule has 3 rings (SSSR count). The van der Waals surface area contributed by atoms with Gasteiger partial charge in [-0.3, -0.25) is 4.79 Å². The number of rotatable bonds is 5. The fraction of sp³-hybridized carbons (Fsp3) is 0.474. The van der Waals surface area contributed by atoms with Crippen molar-refractivity contribution < 1.29 is 9.53 Å². The maximum Gasteiger partial charge on any atom is 0.254 e. The van der Waals surface area contributed by atoms with Gasteiger partial charge in [0.2, 0.25) is 0 Å². The number of nitrogens with one attached hydrogen (secondary N) is 1. The van der Waals surface area contributed by atoms with Crippen molar-refractivity contribution in [2.45, 2.75) is 45.6 Å². The molecule has 1 atom stereocenters. The summed E-state index contributed by atoms with van der Waals surface area (Å²) in [5.74, 6) is 0.115. The van der Waals surface area contributed by atoms with E-state index in [0.717, 1.165) is 30.8 Å². The Hall–Kier alpha value is -2.14. The largest absolute Gasteiger partial charge is 0.376 e. The standard InChI is InChI=1S/C19H25N3O2/c1-13(2)18-17(19(23)20-11-16-8-5-9-24-16)12-21-22(18)15-7-4-6-14(3)10-15/h4,6-7,10,12-13,16H,5,8-9,11H2,1-3H3,(H,20,23). The molecule has 1 saturated heterocycles. The van der Waals surface area contributed by atoms with Gasteiger partial charge in [-0.05, 0) is 43.4 Å². The zero-order valence-electron chi connectivity index (χ0n) is 14.6. The second kappa shape index (κ2) is 7.18. The van der Waals surface area contributed by atoms with E-state index >= 15 is 0 Å². The summed E-state index contributed by atoms with van der Waals surface area (Å²) in [6.07, 6.45) is 3.90. The van der Waals surface area contributed by atoms with E-state index in [-0.39, 0.29) is 17.9 Å². The first-order chi connectivity index (χ1) is 11.6. The molecule has 1 aromatic heterocycles. The zero-order chi connectivity index (χ0) is 17.1. The second-order valence-electron chi connectivity index (χ2n) is 6.69. The van der Waals surface area contributed by atoms with Crippen LogP contribution in [0.2, 0.25) is 0 Å². The molecule has 1 aromatic carbocycles. The molecule has 1 aliphatic heterocycles. The molecule has 1 unspecified atom stereocenters. The van der Waals surface area contributed by atoms with Gasteiger partial charge in [-0.2, -0.15) is 5.10 Å². The van der Waals surface area contributed by atoms with Gasteiger partial charge >= 0.3 is 0 Å². The van der Waals surface area contributed by atoms with Crippen molar-refractivity contribution in [2.75, 3.05) is 13.2 Å². The van der Waals surface area contributed by atoms with E-state index in [9.17, 15) is 4.79 Å². The van der Waals surface area contributed by atoms with Crippen LogP contribution in [-0.4, -0.2) is 34.9 Å². The lowest BCUT2D eigenvalue weighted by Crippen LogP contribution is -2.32. The molecule has 5 heteroatoms. The molecule has 2 heterocycles. The van der Waals surface area contributed by atoms with Crippen molar-refractivity contribution in [2.24, 2.45) is 0 Å². The molecule has 128 valence electrons. The van der Waals surface area contributed by atoms with Crippen LogP contribution in [0.4, 0.5) is 0 Å². The van der Waals surface area contributed by atoms with E-state index < -0.39 is 0 Å². The molecule has 5 nitrogen and oxygen atoms in total. The molecule has 1 N–H and O–H groups in total. The van der Waals surface area contributed by atoms with E-state index in [2.05, 4.69) is 43.3 Å². The minimum atomic E-state index is -0.0758. The highest BCUT2D eigenvalue weighted by molar-refractivity contribution is 5.95. The average molecular weight is 327 g/mol. The smallest absolute Gasteiger partial charge is 0.254 e. The minimum absolute atomic E-state index is 0.0758. The van der Waals surface area contributed by atoms with Crippen LogP contribution in [-0.2, 0) is 4.74 Å². The number of benzene rings is 1. The third-order valence-corrected chi connectivity index (χ3v) is 4.36. The highest BCUT2D eigenvalue weighted by Crippen LogP contribution is 2.23. The molecule has 0 aliphatic carbocycles. The predicted molar refractivity (Wildman–Crippen MR) is 93.7 cm³/mol. The van der Waals surface area contributed by atoms with E-state index in [1.165, 1.54) is 5.56 Å². The van der Waals surface area contributed by atoms with Crippen molar-refractivity contribution in [3.05, 3.63) is 47.3 Å². The monoisotopic (exact) mass is 327 g/mol. The predicted octanol–water partition coefficient (Wildman–Crippen LogP) is 3.21. The van der Waals surface area contributed by atoms with Gasteiger partial charge in [0.15, 0.2) is 0 Å². The van der Waals surface area contributed by atoms with Crippen LogP contribution in [0.15, 0.2) is 30.5 Å². The number of amides is 1. The van der Waals surface area contributed by atoms with Crippen LogP contribution in [0.3, 0.4) is 0 Å². The van der Waals surface area contributed by atoms with Gasteiger partial charge in [0.1, 0.15) is 0 Å². The lowest BCUT2D eigenvalue weighted by atomic mass is 10.0. The van der Waals surface area contributed by atoms with E-state index in [1.54, 1.807) is 6.20 Å². The molecule has 0 spiro atoms. The summed E-state index contributed by atoms with van der Waals surface area (Å²) in [4.78, 5) is 12.6. The molecule has 1 fully saturated rings. The summed E-state index contributed by atoms with van der Waals surface area (Å²) in [5, 5.41) is 7.47. The number of nitrogens with zero attached hydrogens (tertiary/aromatic N) is 2. The summed E-state index contributed by atoms with van der Waals surface area (Å²) in [7, 11) is 0. The molecule has 1 amide bonds. The number of carbonyl (C=O) groups excluding carboxylic acids is 1. The highest BCUT2D eigenvalue weighted by atomic mass is 16.5. The maximum atomic E-state index is 12.6. The number of aryl methyl sites for hydroxylation is 1. The quantitative estimate of drug-likeness (QED) is 0.917. The number of carbonyl (C=O) groups is 1. The summed E-state index contributed by atoms with van der Waals surface area (Å²) >= 11 is 0. The summed E-state index contributed by atoms with van der Waals surface area (Å²) in [6.45, 7) is 7.58. The van der Waals surface area contributed by atoms with Crippen molar-refractivity contribution >= 4 is 5.91 Å². The minimum Gasteiger partial charge on any atom is -0.376 e. The molecule has 24 heavy (non-hydrogen) atoms. The molecule has 0 radical (unpaired) electrons. The van der Waals surface area contributed by atoms with Gasteiger partial charge in [0.05, 0.1) is 29.2 Å². The Bertz CT molecular complexity index is 715. The fourth-order valence-electron chi connectivity index (χ4n) is 3.16. The molecular formula is C19H25N3O2. The van der Waals surface area contributed by atoms with Crippen molar-refractivity contribution in [3.63, 3.8) is 0 Å². The summed E-state index contributed by atoms with van der Waals surface area (Å²) in [6, 6.07) is 8.15. The molecule has 0 bridgehead atoms. The SMILES string of the molecule is Cc1cccc(-n2ncc(C(=O)NCC3CCCO3)c2C(C)C)c1. The Labute approximate surface area is 143 Å². The first-order valence-corrected chi connectivity index (χ1v) is 8.61. The number of ether oxygens (including phenoxy) is 1. The Morgan fingerprint density at radius 1 is 1.46 bits per heavy atom. The van der Waals surface area contributed by atoms with Gasteiger partial charge in [-0.15, -0.1) is 0 Å². The number of hydrogen-bond acceptors (Lipinski definition) is 3. The van der Waals surface area contributed by atoms with Crippen LogP contribution in [0.1, 0.15) is 54.2 Å². The highest BCUT2D eigenvalue weighted by Gasteiger charge is 2.22. The first kappa shape index (κ1) is 16.7. The summed E-state index contributed by atoms with van der Waals surface area (Å²) < 4.78 is 7.44. The Morgan fingerprint density at radius 2 is 2.29 bits per heavy atom. The van der Waals surface area contributed by atoms with Crippen LogP contribution < -0.4 is 5.32 Å².